The normalized spacial score (nSPS) is 8.79. The van der Waals surface area contributed by atoms with Gasteiger partial charge in [-0.25, -0.2) is 4.39 Å². The molecule has 1 aromatic rings. The number of halogens is 1. The van der Waals surface area contributed by atoms with Gasteiger partial charge in [0.25, 0.3) is 0 Å². The van der Waals surface area contributed by atoms with E-state index in [4.69, 9.17) is 10.5 Å². The lowest BCUT2D eigenvalue weighted by molar-refractivity contribution is 0.111. The molecule has 0 spiro atoms. The van der Waals surface area contributed by atoms with Crippen LogP contribution in [0.15, 0.2) is 12.1 Å². The zero-order chi connectivity index (χ0) is 10.6. The van der Waals surface area contributed by atoms with Crippen LogP contribution in [0.25, 0.3) is 0 Å². The average Bonchev–Trinajstić information content (AvgIpc) is 2.20. The van der Waals surface area contributed by atoms with Gasteiger partial charge in [0, 0.05) is 0 Å². The summed E-state index contributed by atoms with van der Waals surface area (Å²) in [6.45, 7) is 0. The van der Waals surface area contributed by atoms with E-state index in [0.717, 1.165) is 6.07 Å². The molecule has 3 nitrogen and oxygen atoms in total. The number of hydrogen-bond donors (Lipinski definition) is 0. The molecule has 4 heteroatoms. The molecule has 68 valence electrons. The van der Waals surface area contributed by atoms with Crippen LogP contribution in [-0.2, 0) is 6.42 Å². The molecule has 0 heterocycles. The first-order valence-corrected chi connectivity index (χ1v) is 3.78. The summed E-state index contributed by atoms with van der Waals surface area (Å²) in [6.07, 6.45) is 0.277. The quantitative estimate of drug-likeness (QED) is 0.661. The average molecular weight is 188 g/mol. The molecule has 1 aromatic carbocycles. The zero-order valence-electron chi connectivity index (χ0n) is 7.12. The number of carbonyl (C=O) groups excluding carboxylic acids is 1. The molecule has 0 bridgehead atoms. The third kappa shape index (κ3) is 1.60. The summed E-state index contributed by atoms with van der Waals surface area (Å²) in [5.74, 6) is -0.738. The zero-order valence-corrected chi connectivity index (χ0v) is 7.12. The molecule has 0 radical (unpaired) electrons. The van der Waals surface area contributed by atoms with Crippen LogP contribution in [0.3, 0.4) is 0 Å². The fourth-order valence-electron chi connectivity index (χ4n) is 1.12. The van der Waals surface area contributed by atoms with E-state index in [1.54, 1.807) is 6.07 Å². The largest absolute Gasteiger partial charge is 0.298 e. The number of rotatable bonds is 2. The van der Waals surface area contributed by atoms with E-state index in [1.807, 2.05) is 6.07 Å². The summed E-state index contributed by atoms with van der Waals surface area (Å²) in [4.78, 5) is 10.5. The van der Waals surface area contributed by atoms with Crippen LogP contribution in [0.1, 0.15) is 21.5 Å². The van der Waals surface area contributed by atoms with E-state index < -0.39 is 5.82 Å². The number of benzene rings is 1. The van der Waals surface area contributed by atoms with Gasteiger partial charge in [0.05, 0.1) is 23.6 Å². The molecule has 0 amide bonds. The monoisotopic (exact) mass is 188 g/mol. The number of aldehydes is 1. The molecule has 0 atom stereocenters. The molecule has 0 aromatic heterocycles. The molecule has 1 rings (SSSR count). The highest BCUT2D eigenvalue weighted by Crippen LogP contribution is 2.16. The van der Waals surface area contributed by atoms with Crippen LogP contribution in [0.5, 0.6) is 0 Å². The summed E-state index contributed by atoms with van der Waals surface area (Å²) < 4.78 is 13.0. The van der Waals surface area contributed by atoms with E-state index in [1.165, 1.54) is 6.07 Å². The van der Waals surface area contributed by atoms with Crippen molar-refractivity contribution in [3.05, 3.63) is 34.6 Å². The van der Waals surface area contributed by atoms with Gasteiger partial charge >= 0.3 is 0 Å². The Morgan fingerprint density at radius 3 is 2.64 bits per heavy atom. The number of hydrogen-bond acceptors (Lipinski definition) is 3. The first-order chi connectivity index (χ1) is 6.74. The van der Waals surface area contributed by atoms with Crippen LogP contribution in [0.4, 0.5) is 4.39 Å². The Kier molecular flexibility index (Phi) is 2.93. The Morgan fingerprint density at radius 2 is 2.14 bits per heavy atom. The van der Waals surface area contributed by atoms with Crippen LogP contribution in [0, 0.1) is 28.5 Å². The maximum absolute atomic E-state index is 13.0. The minimum atomic E-state index is -0.738. The van der Waals surface area contributed by atoms with Gasteiger partial charge in [0.1, 0.15) is 11.9 Å². The maximum atomic E-state index is 13.0. The van der Waals surface area contributed by atoms with Crippen LogP contribution in [0.2, 0.25) is 0 Å². The highest BCUT2D eigenvalue weighted by Gasteiger charge is 2.11. The molecule has 0 saturated carbocycles. The molecule has 0 N–H and O–H groups in total. The molecule has 0 saturated heterocycles. The number of nitriles is 2. The van der Waals surface area contributed by atoms with Crippen molar-refractivity contribution < 1.29 is 9.18 Å². The standard InChI is InChI=1S/C10H5FN2O/c11-10-2-1-7(3-4-12)8(5-13)9(10)6-14/h1-2,6H,3H2. The van der Waals surface area contributed by atoms with E-state index in [9.17, 15) is 9.18 Å². The summed E-state index contributed by atoms with van der Waals surface area (Å²) in [7, 11) is 0. The molecule has 0 aliphatic heterocycles. The fourth-order valence-corrected chi connectivity index (χ4v) is 1.12. The highest BCUT2D eigenvalue weighted by molar-refractivity contribution is 5.80. The minimum Gasteiger partial charge on any atom is -0.298 e. The van der Waals surface area contributed by atoms with Gasteiger partial charge in [-0.3, -0.25) is 4.79 Å². The van der Waals surface area contributed by atoms with Crippen molar-refractivity contribution in [3.63, 3.8) is 0 Å². The van der Waals surface area contributed by atoms with E-state index in [-0.39, 0.29) is 23.8 Å². The van der Waals surface area contributed by atoms with Crippen molar-refractivity contribution >= 4 is 6.29 Å². The van der Waals surface area contributed by atoms with Crippen molar-refractivity contribution in [2.45, 2.75) is 6.42 Å². The molecular formula is C10H5FN2O. The summed E-state index contributed by atoms with van der Waals surface area (Å²) in [6, 6.07) is 5.98. The van der Waals surface area contributed by atoms with Crippen molar-refractivity contribution in [3.8, 4) is 12.1 Å². The maximum Gasteiger partial charge on any atom is 0.154 e. The summed E-state index contributed by atoms with van der Waals surface area (Å²) in [5.41, 5.74) is 0.0419. The topological polar surface area (TPSA) is 64.7 Å². The van der Waals surface area contributed by atoms with Crippen LogP contribution >= 0.6 is 0 Å². The number of carbonyl (C=O) groups is 1. The summed E-state index contributed by atoms with van der Waals surface area (Å²) in [5, 5.41) is 17.1. The Balaban J connectivity index is 3.44. The molecule has 0 aliphatic carbocycles. The van der Waals surface area contributed by atoms with E-state index in [0.29, 0.717) is 5.56 Å². The van der Waals surface area contributed by atoms with Crippen molar-refractivity contribution in [2.24, 2.45) is 0 Å². The van der Waals surface area contributed by atoms with Crippen molar-refractivity contribution in [1.29, 1.82) is 10.5 Å². The lowest BCUT2D eigenvalue weighted by atomic mass is 10.0. The van der Waals surface area contributed by atoms with Gasteiger partial charge in [-0.1, -0.05) is 6.07 Å². The van der Waals surface area contributed by atoms with Gasteiger partial charge in [-0.2, -0.15) is 10.5 Å². The predicted molar refractivity (Wildman–Crippen MR) is 45.8 cm³/mol. The Bertz CT molecular complexity index is 454. The second-order valence-electron chi connectivity index (χ2n) is 2.56. The predicted octanol–water partition coefficient (Wildman–Crippen LogP) is 1.58. The third-order valence-corrected chi connectivity index (χ3v) is 1.78. The lowest BCUT2D eigenvalue weighted by Gasteiger charge is -2.02. The first-order valence-electron chi connectivity index (χ1n) is 3.78. The molecule has 14 heavy (non-hydrogen) atoms. The van der Waals surface area contributed by atoms with Crippen molar-refractivity contribution in [1.82, 2.24) is 0 Å². The van der Waals surface area contributed by atoms with Gasteiger partial charge in [-0.15, -0.1) is 0 Å². The molecular weight excluding hydrogens is 183 g/mol. The van der Waals surface area contributed by atoms with Gasteiger partial charge in [0.15, 0.2) is 6.29 Å². The minimum absolute atomic E-state index is 0.00991. The Morgan fingerprint density at radius 1 is 1.43 bits per heavy atom. The van der Waals surface area contributed by atoms with Gasteiger partial charge in [0.2, 0.25) is 0 Å². The van der Waals surface area contributed by atoms with E-state index >= 15 is 0 Å². The Labute approximate surface area is 80.0 Å². The van der Waals surface area contributed by atoms with Gasteiger partial charge in [-0.05, 0) is 11.6 Å². The molecule has 0 aliphatic rings. The fraction of sp³-hybridized carbons (Fsp3) is 0.100. The Hall–Kier alpha value is -2.20. The number of nitrogens with zero attached hydrogens (tertiary/aromatic N) is 2. The smallest absolute Gasteiger partial charge is 0.154 e. The SMILES string of the molecule is N#CCc1ccc(F)c(C=O)c1C#N. The third-order valence-electron chi connectivity index (χ3n) is 1.78. The first kappa shape index (κ1) is 9.88. The summed E-state index contributed by atoms with van der Waals surface area (Å²) >= 11 is 0. The van der Waals surface area contributed by atoms with Gasteiger partial charge < -0.3 is 0 Å². The second-order valence-corrected chi connectivity index (χ2v) is 2.56. The molecule has 0 fully saturated rings. The van der Waals surface area contributed by atoms with E-state index in [2.05, 4.69) is 0 Å². The molecule has 0 unspecified atom stereocenters. The lowest BCUT2D eigenvalue weighted by Crippen LogP contribution is -1.98. The van der Waals surface area contributed by atoms with Crippen molar-refractivity contribution in [2.75, 3.05) is 0 Å². The highest BCUT2D eigenvalue weighted by atomic mass is 19.1. The van der Waals surface area contributed by atoms with Crippen LogP contribution in [-0.4, -0.2) is 6.29 Å². The van der Waals surface area contributed by atoms with Crippen LogP contribution < -0.4 is 0 Å². The second kappa shape index (κ2) is 4.15.